The molecule has 37 heavy (non-hydrogen) atoms. The van der Waals surface area contributed by atoms with Crippen molar-refractivity contribution < 1.29 is 14.4 Å². The molecular weight excluding hydrogens is 509 g/mol. The number of nitrogens with zero attached hydrogens (tertiary/aromatic N) is 3. The molecule has 2 aliphatic rings. The summed E-state index contributed by atoms with van der Waals surface area (Å²) < 4.78 is 5.79. The van der Waals surface area contributed by atoms with E-state index in [2.05, 4.69) is 33.3 Å². The molecule has 188 valence electrons. The van der Waals surface area contributed by atoms with E-state index in [0.717, 1.165) is 66.7 Å². The van der Waals surface area contributed by atoms with Crippen molar-refractivity contribution in [3.8, 4) is 11.3 Å². The Labute approximate surface area is 224 Å². The monoisotopic (exact) mass is 533 g/mol. The lowest BCUT2D eigenvalue weighted by atomic mass is 9.94. The predicted molar refractivity (Wildman–Crippen MR) is 147 cm³/mol. The number of aromatic nitrogens is 2. The Morgan fingerprint density at radius 2 is 1.78 bits per heavy atom. The Hall–Kier alpha value is -3.35. The summed E-state index contributed by atoms with van der Waals surface area (Å²) in [5, 5.41) is 15.6. The van der Waals surface area contributed by atoms with E-state index in [1.54, 1.807) is 6.07 Å². The van der Waals surface area contributed by atoms with Crippen LogP contribution in [0, 0.1) is 5.92 Å². The molecule has 1 N–H and O–H groups in total. The highest BCUT2D eigenvalue weighted by atomic mass is 35.5. The molecule has 1 aliphatic heterocycles. The molecule has 2 aromatic heterocycles. The van der Waals surface area contributed by atoms with Gasteiger partial charge in [-0.25, -0.2) is 9.78 Å². The number of anilines is 1. The first-order valence-electron chi connectivity index (χ1n) is 12.5. The molecule has 6 rings (SSSR count). The van der Waals surface area contributed by atoms with E-state index < -0.39 is 5.97 Å². The Balaban J connectivity index is 1.18. The average molecular weight is 534 g/mol. The number of pyridine rings is 1. The van der Waals surface area contributed by atoms with Crippen molar-refractivity contribution in [1.29, 1.82) is 0 Å². The smallest absolute Gasteiger partial charge is 0.354 e. The summed E-state index contributed by atoms with van der Waals surface area (Å²) in [6.45, 7) is 1.87. The fourth-order valence-electron chi connectivity index (χ4n) is 5.03. The van der Waals surface area contributed by atoms with Crippen LogP contribution in [-0.2, 0) is 0 Å². The van der Waals surface area contributed by atoms with E-state index in [0.29, 0.717) is 33.1 Å². The van der Waals surface area contributed by atoms with Crippen molar-refractivity contribution >= 4 is 51.8 Å². The fraction of sp³-hybridized carbons (Fsp3) is 0.276. The van der Waals surface area contributed by atoms with Gasteiger partial charge in [0.2, 0.25) is 0 Å². The van der Waals surface area contributed by atoms with Crippen LogP contribution in [0.2, 0.25) is 10.0 Å². The maximum absolute atomic E-state index is 11.2. The minimum absolute atomic E-state index is 0.0606. The van der Waals surface area contributed by atoms with Crippen molar-refractivity contribution in [2.24, 2.45) is 5.92 Å². The van der Waals surface area contributed by atoms with Crippen molar-refractivity contribution in [3.63, 3.8) is 0 Å². The van der Waals surface area contributed by atoms with Crippen LogP contribution in [0.3, 0.4) is 0 Å². The number of carboxylic acids is 1. The number of hydrogen-bond donors (Lipinski definition) is 1. The van der Waals surface area contributed by atoms with E-state index in [1.807, 2.05) is 36.4 Å². The van der Waals surface area contributed by atoms with E-state index in [4.69, 9.17) is 27.7 Å². The maximum atomic E-state index is 11.2. The molecule has 0 atom stereocenters. The van der Waals surface area contributed by atoms with Gasteiger partial charge in [0.1, 0.15) is 17.1 Å². The van der Waals surface area contributed by atoms with Crippen molar-refractivity contribution in [1.82, 2.24) is 10.1 Å². The number of benzene rings is 2. The highest BCUT2D eigenvalue weighted by Gasteiger charge is 2.32. The van der Waals surface area contributed by atoms with Gasteiger partial charge in [-0.15, -0.1) is 0 Å². The van der Waals surface area contributed by atoms with Gasteiger partial charge in [0.15, 0.2) is 0 Å². The number of hydrogen-bond acceptors (Lipinski definition) is 5. The third-order valence-corrected chi connectivity index (χ3v) is 7.87. The van der Waals surface area contributed by atoms with Gasteiger partial charge in [0.25, 0.3) is 0 Å². The maximum Gasteiger partial charge on any atom is 0.354 e. The van der Waals surface area contributed by atoms with Gasteiger partial charge < -0.3 is 14.5 Å². The molecule has 6 nitrogen and oxygen atoms in total. The molecule has 0 amide bonds. The number of allylic oxidation sites excluding steroid dienone is 1. The summed E-state index contributed by atoms with van der Waals surface area (Å²) in [6, 6.07) is 14.9. The first-order valence-corrected chi connectivity index (χ1v) is 13.2. The number of carboxylic acid groups (broad SMARTS) is 1. The average Bonchev–Trinajstić information content (AvgIpc) is 3.67. The molecule has 1 saturated carbocycles. The number of fused-ring (bicyclic) bond motifs is 1. The first kappa shape index (κ1) is 24.0. The summed E-state index contributed by atoms with van der Waals surface area (Å²) in [4.78, 5) is 17.8. The summed E-state index contributed by atoms with van der Waals surface area (Å²) >= 11 is 13.0. The largest absolute Gasteiger partial charge is 0.477 e. The van der Waals surface area contributed by atoms with Crippen LogP contribution in [0.1, 0.15) is 53.4 Å². The second-order valence-corrected chi connectivity index (χ2v) is 10.6. The molecular formula is C29H25Cl2N3O3. The van der Waals surface area contributed by atoms with Crippen LogP contribution in [0.25, 0.3) is 28.2 Å². The van der Waals surface area contributed by atoms with Crippen LogP contribution in [-0.4, -0.2) is 34.3 Å². The SMILES string of the molecule is O=C(O)c1ccc2cc(N3CCC(C=Cc4c(-c5c(Cl)cccc5Cl)noc4C4CC4)CC3)ccc2n1. The lowest BCUT2D eigenvalue weighted by molar-refractivity contribution is 0.0691. The van der Waals surface area contributed by atoms with Crippen LogP contribution >= 0.6 is 23.2 Å². The third kappa shape index (κ3) is 4.83. The molecule has 1 saturated heterocycles. The van der Waals surface area contributed by atoms with E-state index in [1.165, 1.54) is 0 Å². The van der Waals surface area contributed by atoms with Gasteiger partial charge >= 0.3 is 5.97 Å². The first-order chi connectivity index (χ1) is 18.0. The quantitative estimate of drug-likeness (QED) is 0.273. The van der Waals surface area contributed by atoms with Gasteiger partial charge in [-0.1, -0.05) is 52.6 Å². The number of halogens is 2. The van der Waals surface area contributed by atoms with E-state index in [9.17, 15) is 9.90 Å². The van der Waals surface area contributed by atoms with Crippen molar-refractivity contribution in [3.05, 3.63) is 81.7 Å². The molecule has 2 fully saturated rings. The van der Waals surface area contributed by atoms with Crippen LogP contribution in [0.4, 0.5) is 5.69 Å². The number of piperidine rings is 1. The molecule has 0 bridgehead atoms. The Morgan fingerprint density at radius 1 is 1.03 bits per heavy atom. The van der Waals surface area contributed by atoms with Gasteiger partial charge in [-0.3, -0.25) is 0 Å². The lowest BCUT2D eigenvalue weighted by Gasteiger charge is -2.32. The topological polar surface area (TPSA) is 79.5 Å². The molecule has 8 heteroatoms. The van der Waals surface area contributed by atoms with Gasteiger partial charge in [-0.05, 0) is 68.0 Å². The Kier molecular flexibility index (Phi) is 6.39. The standard InChI is InChI=1S/C29H25Cl2N3O3/c30-22-2-1-3-23(31)26(22)27-21(28(37-33-27)18-5-6-18)9-4-17-12-14-34(15-13-17)20-8-11-24-19(16-20)7-10-25(32-24)29(35)36/h1-4,7-11,16-18H,5-6,12-15H2,(H,35,36). The second-order valence-electron chi connectivity index (χ2n) is 9.74. The zero-order chi connectivity index (χ0) is 25.5. The zero-order valence-electron chi connectivity index (χ0n) is 20.0. The zero-order valence-corrected chi connectivity index (χ0v) is 21.5. The molecule has 4 aromatic rings. The summed E-state index contributed by atoms with van der Waals surface area (Å²) in [5.41, 5.74) is 4.30. The summed E-state index contributed by atoms with van der Waals surface area (Å²) in [5.74, 6) is 0.764. The van der Waals surface area contributed by atoms with E-state index >= 15 is 0 Å². The molecule has 0 unspecified atom stereocenters. The van der Waals surface area contributed by atoms with Gasteiger partial charge in [0, 0.05) is 41.2 Å². The lowest BCUT2D eigenvalue weighted by Crippen LogP contribution is -2.33. The molecule has 0 radical (unpaired) electrons. The minimum atomic E-state index is -1.02. The molecule has 2 aromatic carbocycles. The number of carbonyl (C=O) groups is 1. The third-order valence-electron chi connectivity index (χ3n) is 7.24. The van der Waals surface area contributed by atoms with Crippen molar-refractivity contribution in [2.45, 2.75) is 31.6 Å². The minimum Gasteiger partial charge on any atom is -0.477 e. The van der Waals surface area contributed by atoms with Gasteiger partial charge in [0.05, 0.1) is 15.6 Å². The van der Waals surface area contributed by atoms with Crippen LogP contribution in [0.5, 0.6) is 0 Å². The summed E-state index contributed by atoms with van der Waals surface area (Å²) in [6.07, 6.45) is 8.71. The number of aromatic carboxylic acids is 1. The Morgan fingerprint density at radius 3 is 2.49 bits per heavy atom. The van der Waals surface area contributed by atoms with Crippen LogP contribution < -0.4 is 4.90 Å². The predicted octanol–water partition coefficient (Wildman–Crippen LogP) is 7.70. The summed E-state index contributed by atoms with van der Waals surface area (Å²) in [7, 11) is 0. The number of rotatable bonds is 6. The van der Waals surface area contributed by atoms with Gasteiger partial charge in [-0.2, -0.15) is 0 Å². The molecule has 1 aliphatic carbocycles. The molecule has 0 spiro atoms. The highest BCUT2D eigenvalue weighted by Crippen LogP contribution is 2.46. The highest BCUT2D eigenvalue weighted by molar-refractivity contribution is 6.39. The fourth-order valence-corrected chi connectivity index (χ4v) is 5.60. The second kappa shape index (κ2) is 9.84. The Bertz CT molecular complexity index is 1500. The van der Waals surface area contributed by atoms with E-state index in [-0.39, 0.29) is 5.69 Å². The normalized spacial score (nSPS) is 16.6. The van der Waals surface area contributed by atoms with Crippen molar-refractivity contribution in [2.75, 3.05) is 18.0 Å². The van der Waals surface area contributed by atoms with Crippen LogP contribution in [0.15, 0.2) is 59.1 Å². The molecule has 3 heterocycles.